The van der Waals surface area contributed by atoms with Gasteiger partial charge >= 0.3 is 6.18 Å². The third-order valence-electron chi connectivity index (χ3n) is 2.48. The fourth-order valence-corrected chi connectivity index (χ4v) is 1.53. The average Bonchev–Trinajstić information content (AvgIpc) is 2.33. The summed E-state index contributed by atoms with van der Waals surface area (Å²) in [7, 11) is 0. The highest BCUT2D eigenvalue weighted by Crippen LogP contribution is 2.28. The van der Waals surface area contributed by atoms with Crippen LogP contribution in [0.5, 0.6) is 0 Å². The molecule has 18 heavy (non-hydrogen) atoms. The lowest BCUT2D eigenvalue weighted by atomic mass is 10.2. The van der Waals surface area contributed by atoms with Crippen molar-refractivity contribution in [3.05, 3.63) is 23.9 Å². The predicted molar refractivity (Wildman–Crippen MR) is 65.3 cm³/mol. The maximum atomic E-state index is 12.4. The van der Waals surface area contributed by atoms with Crippen molar-refractivity contribution in [2.24, 2.45) is 5.73 Å². The predicted octanol–water partition coefficient (Wildman–Crippen LogP) is 3.03. The largest absolute Gasteiger partial charge is 0.433 e. The second kappa shape index (κ2) is 7.20. The number of unbranched alkanes of at least 4 members (excludes halogenated alkanes) is 3. The maximum absolute atomic E-state index is 12.4. The van der Waals surface area contributed by atoms with E-state index in [0.717, 1.165) is 31.7 Å². The number of alkyl halides is 3. The molecule has 0 aliphatic carbocycles. The van der Waals surface area contributed by atoms with Gasteiger partial charge in [-0.25, -0.2) is 4.98 Å². The summed E-state index contributed by atoms with van der Waals surface area (Å²) in [5, 5.41) is 2.89. The highest BCUT2D eigenvalue weighted by atomic mass is 19.4. The zero-order valence-electron chi connectivity index (χ0n) is 10.1. The zero-order valence-corrected chi connectivity index (χ0v) is 10.1. The fourth-order valence-electron chi connectivity index (χ4n) is 1.53. The Morgan fingerprint density at radius 1 is 1.11 bits per heavy atom. The number of hydrogen-bond donors (Lipinski definition) is 2. The van der Waals surface area contributed by atoms with Crippen molar-refractivity contribution >= 4 is 5.82 Å². The number of nitrogens with two attached hydrogens (primary N) is 1. The third-order valence-corrected chi connectivity index (χ3v) is 2.48. The van der Waals surface area contributed by atoms with Crippen LogP contribution in [0.4, 0.5) is 19.0 Å². The highest BCUT2D eigenvalue weighted by Gasteiger charge is 2.32. The Hall–Kier alpha value is -1.30. The Labute approximate surface area is 105 Å². The molecular formula is C12H18F3N3. The molecule has 3 nitrogen and oxygen atoms in total. The van der Waals surface area contributed by atoms with Gasteiger partial charge in [0.15, 0.2) is 0 Å². The molecule has 0 unspecified atom stereocenters. The van der Waals surface area contributed by atoms with E-state index >= 15 is 0 Å². The third kappa shape index (κ3) is 5.35. The first-order valence-electron chi connectivity index (χ1n) is 6.02. The molecule has 0 aromatic carbocycles. The van der Waals surface area contributed by atoms with E-state index in [0.29, 0.717) is 13.1 Å². The van der Waals surface area contributed by atoms with Crippen LogP contribution in [0, 0.1) is 0 Å². The smallest absolute Gasteiger partial charge is 0.370 e. The molecule has 1 rings (SSSR count). The van der Waals surface area contributed by atoms with Crippen LogP contribution in [0.25, 0.3) is 0 Å². The molecule has 0 bridgehead atoms. The number of aromatic nitrogens is 1. The van der Waals surface area contributed by atoms with Crippen molar-refractivity contribution in [1.29, 1.82) is 0 Å². The van der Waals surface area contributed by atoms with Crippen LogP contribution in [0.1, 0.15) is 31.4 Å². The summed E-state index contributed by atoms with van der Waals surface area (Å²) < 4.78 is 37.2. The summed E-state index contributed by atoms with van der Waals surface area (Å²) >= 11 is 0. The van der Waals surface area contributed by atoms with Crippen LogP contribution in [0.3, 0.4) is 0 Å². The molecule has 1 heterocycles. The zero-order chi connectivity index (χ0) is 13.4. The first-order valence-corrected chi connectivity index (χ1v) is 6.02. The van der Waals surface area contributed by atoms with Gasteiger partial charge in [0.25, 0.3) is 0 Å². The van der Waals surface area contributed by atoms with Crippen LogP contribution in [-0.2, 0) is 6.18 Å². The van der Waals surface area contributed by atoms with Crippen molar-refractivity contribution in [3.63, 3.8) is 0 Å². The van der Waals surface area contributed by atoms with Gasteiger partial charge in [0, 0.05) is 6.54 Å². The van der Waals surface area contributed by atoms with Crippen molar-refractivity contribution in [2.45, 2.75) is 31.9 Å². The molecule has 0 spiro atoms. The van der Waals surface area contributed by atoms with Crippen LogP contribution in [0.2, 0.25) is 0 Å². The van der Waals surface area contributed by atoms with E-state index in [9.17, 15) is 13.2 Å². The molecule has 0 aliphatic heterocycles. The van der Waals surface area contributed by atoms with Gasteiger partial charge in [-0.3, -0.25) is 0 Å². The van der Waals surface area contributed by atoms with Gasteiger partial charge in [-0.1, -0.05) is 18.9 Å². The van der Waals surface area contributed by atoms with Crippen LogP contribution in [0.15, 0.2) is 18.2 Å². The van der Waals surface area contributed by atoms with Gasteiger partial charge in [0.2, 0.25) is 0 Å². The number of rotatable bonds is 7. The van der Waals surface area contributed by atoms with Gasteiger partial charge in [0.1, 0.15) is 11.5 Å². The van der Waals surface area contributed by atoms with Crippen LogP contribution in [-0.4, -0.2) is 18.1 Å². The monoisotopic (exact) mass is 261 g/mol. The molecule has 6 heteroatoms. The Morgan fingerprint density at radius 3 is 2.50 bits per heavy atom. The minimum atomic E-state index is -4.39. The summed E-state index contributed by atoms with van der Waals surface area (Å²) in [4.78, 5) is 3.52. The van der Waals surface area contributed by atoms with E-state index in [1.807, 2.05) is 0 Å². The van der Waals surface area contributed by atoms with Crippen molar-refractivity contribution in [1.82, 2.24) is 4.98 Å². The quantitative estimate of drug-likeness (QED) is 0.742. The van der Waals surface area contributed by atoms with E-state index in [1.54, 1.807) is 0 Å². The van der Waals surface area contributed by atoms with E-state index < -0.39 is 11.9 Å². The first kappa shape index (κ1) is 14.8. The number of nitrogens with one attached hydrogen (secondary N) is 1. The second-order valence-corrected chi connectivity index (χ2v) is 4.04. The van der Waals surface area contributed by atoms with E-state index in [4.69, 9.17) is 5.73 Å². The van der Waals surface area contributed by atoms with Gasteiger partial charge in [-0.15, -0.1) is 0 Å². The minimum Gasteiger partial charge on any atom is -0.370 e. The van der Waals surface area contributed by atoms with E-state index in [2.05, 4.69) is 10.3 Å². The number of anilines is 1. The number of nitrogens with zero attached hydrogens (tertiary/aromatic N) is 1. The summed E-state index contributed by atoms with van der Waals surface area (Å²) in [6, 6.07) is 3.86. The molecule has 0 aliphatic rings. The van der Waals surface area contributed by atoms with E-state index in [1.165, 1.54) is 12.1 Å². The number of halogens is 3. The Kier molecular flexibility index (Phi) is 5.91. The molecular weight excluding hydrogens is 243 g/mol. The maximum Gasteiger partial charge on any atom is 0.433 e. The summed E-state index contributed by atoms with van der Waals surface area (Å²) in [6.45, 7) is 1.31. The molecule has 0 fully saturated rings. The van der Waals surface area contributed by atoms with Crippen LogP contribution < -0.4 is 11.1 Å². The SMILES string of the molecule is NCCCCCCNc1cccc(C(F)(F)F)n1. The Balaban J connectivity index is 2.34. The second-order valence-electron chi connectivity index (χ2n) is 4.04. The molecule has 3 N–H and O–H groups in total. The summed E-state index contributed by atoms with van der Waals surface area (Å²) in [5.74, 6) is 0.267. The normalized spacial score (nSPS) is 11.6. The van der Waals surface area contributed by atoms with Crippen LogP contribution >= 0.6 is 0 Å². The molecule has 102 valence electrons. The van der Waals surface area contributed by atoms with Crippen molar-refractivity contribution < 1.29 is 13.2 Å². The van der Waals surface area contributed by atoms with Crippen molar-refractivity contribution in [3.8, 4) is 0 Å². The fraction of sp³-hybridized carbons (Fsp3) is 0.583. The topological polar surface area (TPSA) is 50.9 Å². The molecule has 1 aromatic rings. The molecule has 0 atom stereocenters. The molecule has 0 saturated heterocycles. The standard InChI is InChI=1S/C12H18F3N3/c13-12(14,15)10-6-5-7-11(18-10)17-9-4-2-1-3-8-16/h5-7H,1-4,8-9,16H2,(H,17,18). The Morgan fingerprint density at radius 2 is 1.83 bits per heavy atom. The molecule has 0 radical (unpaired) electrons. The molecule has 0 saturated carbocycles. The number of hydrogen-bond acceptors (Lipinski definition) is 3. The first-order chi connectivity index (χ1) is 8.54. The lowest BCUT2D eigenvalue weighted by Gasteiger charge is -2.09. The van der Waals surface area contributed by atoms with Gasteiger partial charge in [-0.2, -0.15) is 13.2 Å². The van der Waals surface area contributed by atoms with Gasteiger partial charge in [0.05, 0.1) is 0 Å². The molecule has 0 amide bonds. The minimum absolute atomic E-state index is 0.267. The Bertz CT molecular complexity index is 353. The van der Waals surface area contributed by atoms with Gasteiger partial charge < -0.3 is 11.1 Å². The lowest BCUT2D eigenvalue weighted by molar-refractivity contribution is -0.141. The average molecular weight is 261 g/mol. The highest BCUT2D eigenvalue weighted by molar-refractivity contribution is 5.35. The summed E-state index contributed by atoms with van der Waals surface area (Å²) in [6.07, 6.45) is -0.435. The van der Waals surface area contributed by atoms with E-state index in [-0.39, 0.29) is 5.82 Å². The van der Waals surface area contributed by atoms with Gasteiger partial charge in [-0.05, 0) is 31.5 Å². The number of pyridine rings is 1. The molecule has 1 aromatic heterocycles. The summed E-state index contributed by atoms with van der Waals surface area (Å²) in [5.41, 5.74) is 4.49. The van der Waals surface area contributed by atoms with Crippen molar-refractivity contribution in [2.75, 3.05) is 18.4 Å². The lowest BCUT2D eigenvalue weighted by Crippen LogP contribution is -2.10.